The minimum absolute atomic E-state index is 0.771. The second-order valence-electron chi connectivity index (χ2n) is 4.43. The number of benzene rings is 1. The van der Waals surface area contributed by atoms with Gasteiger partial charge in [0.25, 0.3) is 0 Å². The van der Waals surface area contributed by atoms with Gasteiger partial charge in [0.1, 0.15) is 11.6 Å². The molecule has 0 saturated heterocycles. The van der Waals surface area contributed by atoms with Crippen LogP contribution in [-0.4, -0.2) is 17.0 Å². The van der Waals surface area contributed by atoms with E-state index in [-0.39, 0.29) is 0 Å². The minimum Gasteiger partial charge on any atom is -0.373 e. The average Bonchev–Trinajstić information content (AvgIpc) is 3.00. The Kier molecular flexibility index (Phi) is 3.74. The van der Waals surface area contributed by atoms with Crippen LogP contribution in [0, 0.1) is 0 Å². The van der Waals surface area contributed by atoms with Crippen molar-refractivity contribution in [2.45, 2.75) is 6.42 Å². The van der Waals surface area contributed by atoms with Gasteiger partial charge >= 0.3 is 0 Å². The topological polar surface area (TPSA) is 37.8 Å². The molecule has 0 aliphatic carbocycles. The van der Waals surface area contributed by atoms with Gasteiger partial charge in [-0.1, -0.05) is 36.4 Å². The first-order valence-electron chi connectivity index (χ1n) is 6.48. The first kappa shape index (κ1) is 12.8. The van der Waals surface area contributed by atoms with Crippen LogP contribution < -0.4 is 5.32 Å². The molecule has 0 atom stereocenters. The average molecular weight is 281 g/mol. The van der Waals surface area contributed by atoms with Gasteiger partial charge in [-0.15, -0.1) is 11.3 Å². The third-order valence-electron chi connectivity index (χ3n) is 3.01. The number of hydrogen-bond acceptors (Lipinski definition) is 4. The summed E-state index contributed by atoms with van der Waals surface area (Å²) in [6.07, 6.45) is 0.771. The zero-order valence-electron chi connectivity index (χ0n) is 11.2. The summed E-state index contributed by atoms with van der Waals surface area (Å²) in [5, 5.41) is 5.19. The number of nitrogens with one attached hydrogen (secondary N) is 1. The maximum Gasteiger partial charge on any atom is 0.136 e. The molecule has 0 spiro atoms. The molecule has 0 radical (unpaired) electrons. The minimum atomic E-state index is 0.771. The highest BCUT2D eigenvalue weighted by Crippen LogP contribution is 2.21. The van der Waals surface area contributed by atoms with E-state index >= 15 is 0 Å². The number of nitrogens with zero attached hydrogens (tertiary/aromatic N) is 2. The first-order valence-corrected chi connectivity index (χ1v) is 7.36. The normalized spacial score (nSPS) is 10.4. The Morgan fingerprint density at radius 2 is 1.90 bits per heavy atom. The summed E-state index contributed by atoms with van der Waals surface area (Å²) < 4.78 is 0. The van der Waals surface area contributed by atoms with Gasteiger partial charge in [0.15, 0.2) is 0 Å². The van der Waals surface area contributed by atoms with E-state index in [1.54, 1.807) is 11.3 Å². The van der Waals surface area contributed by atoms with Crippen LogP contribution in [0.15, 0.2) is 53.9 Å². The fourth-order valence-electron chi connectivity index (χ4n) is 2.03. The molecule has 0 bridgehead atoms. The summed E-state index contributed by atoms with van der Waals surface area (Å²) in [5.41, 5.74) is 2.07. The first-order chi connectivity index (χ1) is 9.85. The summed E-state index contributed by atoms with van der Waals surface area (Å²) in [5.74, 6) is 1.70. The molecule has 0 amide bonds. The molecule has 20 heavy (non-hydrogen) atoms. The van der Waals surface area contributed by atoms with E-state index in [0.717, 1.165) is 29.3 Å². The molecule has 1 aromatic carbocycles. The van der Waals surface area contributed by atoms with Crippen molar-refractivity contribution in [3.05, 3.63) is 64.6 Å². The maximum atomic E-state index is 4.68. The Balaban J connectivity index is 1.99. The smallest absolute Gasteiger partial charge is 0.136 e. The lowest BCUT2D eigenvalue weighted by Crippen LogP contribution is -2.02. The molecule has 0 unspecified atom stereocenters. The summed E-state index contributed by atoms with van der Waals surface area (Å²) in [6, 6.07) is 16.3. The molecular weight excluding hydrogens is 266 g/mol. The van der Waals surface area contributed by atoms with Gasteiger partial charge in [-0.05, 0) is 11.4 Å². The predicted molar refractivity (Wildman–Crippen MR) is 84.1 cm³/mol. The fourth-order valence-corrected chi connectivity index (χ4v) is 2.73. The van der Waals surface area contributed by atoms with Gasteiger partial charge in [0.05, 0.1) is 5.69 Å². The fraction of sp³-hybridized carbons (Fsp3) is 0.125. The monoisotopic (exact) mass is 281 g/mol. The summed E-state index contributed by atoms with van der Waals surface area (Å²) in [6.45, 7) is 0. The molecule has 0 aliphatic heterocycles. The Morgan fingerprint density at radius 3 is 2.60 bits per heavy atom. The van der Waals surface area contributed by atoms with Crippen LogP contribution in [0.4, 0.5) is 5.82 Å². The summed E-state index contributed by atoms with van der Waals surface area (Å²) in [7, 11) is 1.88. The number of anilines is 1. The molecule has 3 nitrogen and oxygen atoms in total. The van der Waals surface area contributed by atoms with E-state index in [0.29, 0.717) is 0 Å². The van der Waals surface area contributed by atoms with Crippen molar-refractivity contribution in [1.29, 1.82) is 0 Å². The lowest BCUT2D eigenvalue weighted by atomic mass is 10.1. The summed E-state index contributed by atoms with van der Waals surface area (Å²) in [4.78, 5) is 10.5. The highest BCUT2D eigenvalue weighted by molar-refractivity contribution is 7.09. The number of rotatable bonds is 4. The van der Waals surface area contributed by atoms with Crippen LogP contribution in [0.1, 0.15) is 10.7 Å². The lowest BCUT2D eigenvalue weighted by Gasteiger charge is -2.07. The molecule has 0 aliphatic rings. The van der Waals surface area contributed by atoms with E-state index in [1.807, 2.05) is 31.3 Å². The second kappa shape index (κ2) is 5.84. The molecule has 100 valence electrons. The van der Waals surface area contributed by atoms with Crippen molar-refractivity contribution in [3.63, 3.8) is 0 Å². The molecule has 0 fully saturated rings. The van der Waals surface area contributed by atoms with Crippen molar-refractivity contribution in [1.82, 2.24) is 9.97 Å². The predicted octanol–water partition coefficient (Wildman–Crippen LogP) is 3.84. The number of hydrogen-bond donors (Lipinski definition) is 1. The van der Waals surface area contributed by atoms with E-state index in [1.165, 1.54) is 4.88 Å². The highest BCUT2D eigenvalue weighted by atomic mass is 32.1. The zero-order valence-corrected chi connectivity index (χ0v) is 12.0. The Labute approximate surface area is 122 Å². The van der Waals surface area contributed by atoms with Crippen LogP contribution in [0.2, 0.25) is 0 Å². The van der Waals surface area contributed by atoms with Crippen molar-refractivity contribution in [2.24, 2.45) is 0 Å². The standard InChI is InChI=1S/C16H15N3S/c1-17-15-11-14(12-6-3-2-4-7-12)18-16(19-15)10-13-8-5-9-20-13/h2-9,11H,10H2,1H3,(H,17,18,19). The van der Waals surface area contributed by atoms with Gasteiger partial charge in [-0.2, -0.15) is 0 Å². The van der Waals surface area contributed by atoms with E-state index in [9.17, 15) is 0 Å². The molecule has 2 aromatic heterocycles. The Hall–Kier alpha value is -2.20. The number of aromatic nitrogens is 2. The molecular formula is C16H15N3S. The van der Waals surface area contributed by atoms with Crippen molar-refractivity contribution in [3.8, 4) is 11.3 Å². The number of thiophene rings is 1. The second-order valence-corrected chi connectivity index (χ2v) is 5.46. The van der Waals surface area contributed by atoms with Crippen molar-refractivity contribution >= 4 is 17.2 Å². The summed E-state index contributed by atoms with van der Waals surface area (Å²) >= 11 is 1.73. The molecule has 0 saturated carbocycles. The van der Waals surface area contributed by atoms with Gasteiger partial charge < -0.3 is 5.32 Å². The van der Waals surface area contributed by atoms with Crippen LogP contribution in [-0.2, 0) is 6.42 Å². The van der Waals surface area contributed by atoms with Crippen LogP contribution in [0.3, 0.4) is 0 Å². The lowest BCUT2D eigenvalue weighted by molar-refractivity contribution is 0.986. The molecule has 4 heteroatoms. The van der Waals surface area contributed by atoms with E-state index in [4.69, 9.17) is 0 Å². The van der Waals surface area contributed by atoms with Gasteiger partial charge in [0, 0.05) is 30.0 Å². The van der Waals surface area contributed by atoms with Crippen molar-refractivity contribution < 1.29 is 0 Å². The molecule has 1 N–H and O–H groups in total. The SMILES string of the molecule is CNc1cc(-c2ccccc2)nc(Cc2cccs2)n1. The largest absolute Gasteiger partial charge is 0.373 e. The highest BCUT2D eigenvalue weighted by Gasteiger charge is 2.07. The van der Waals surface area contributed by atoms with Crippen LogP contribution >= 0.6 is 11.3 Å². The van der Waals surface area contributed by atoms with Gasteiger partial charge in [-0.25, -0.2) is 9.97 Å². The van der Waals surface area contributed by atoms with E-state index < -0.39 is 0 Å². The van der Waals surface area contributed by atoms with Crippen molar-refractivity contribution in [2.75, 3.05) is 12.4 Å². The molecule has 3 aromatic rings. The van der Waals surface area contributed by atoms with Gasteiger partial charge in [-0.3, -0.25) is 0 Å². The van der Waals surface area contributed by atoms with Crippen LogP contribution in [0.5, 0.6) is 0 Å². The van der Waals surface area contributed by atoms with Crippen LogP contribution in [0.25, 0.3) is 11.3 Å². The third-order valence-corrected chi connectivity index (χ3v) is 3.89. The molecule has 3 rings (SSSR count). The third kappa shape index (κ3) is 2.86. The Morgan fingerprint density at radius 1 is 1.05 bits per heavy atom. The quantitative estimate of drug-likeness (QED) is 0.789. The van der Waals surface area contributed by atoms with E-state index in [2.05, 4.69) is 44.9 Å². The Bertz CT molecular complexity index is 678. The molecule has 2 heterocycles. The maximum absolute atomic E-state index is 4.68. The van der Waals surface area contributed by atoms with Gasteiger partial charge in [0.2, 0.25) is 0 Å². The zero-order chi connectivity index (χ0) is 13.8.